The lowest BCUT2D eigenvalue weighted by molar-refractivity contribution is -0.114. The van der Waals surface area contributed by atoms with Crippen LogP contribution in [0.15, 0.2) is 46.0 Å². The number of carbonyl (C=O) groups excluding carboxylic acids is 1. The van der Waals surface area contributed by atoms with E-state index >= 15 is 0 Å². The summed E-state index contributed by atoms with van der Waals surface area (Å²) in [6.45, 7) is 5.93. The minimum Gasteiger partial charge on any atom is -0.318 e. The average molecular weight is 409 g/mol. The molecule has 3 heterocycles. The van der Waals surface area contributed by atoms with Gasteiger partial charge in [0.1, 0.15) is 10.9 Å². The maximum atomic E-state index is 13.3. The highest BCUT2D eigenvalue weighted by Gasteiger charge is 2.35. The van der Waals surface area contributed by atoms with Crippen LogP contribution in [-0.2, 0) is 4.79 Å². The van der Waals surface area contributed by atoms with Gasteiger partial charge in [-0.1, -0.05) is 6.92 Å². The second-order valence-corrected chi connectivity index (χ2v) is 7.94. The second kappa shape index (κ2) is 7.44. The number of nitrogens with one attached hydrogen (secondary N) is 1. The summed E-state index contributed by atoms with van der Waals surface area (Å²) in [5, 5.41) is 15.6. The second-order valence-electron chi connectivity index (χ2n) is 6.90. The molecule has 0 saturated heterocycles. The van der Waals surface area contributed by atoms with E-state index in [0.717, 1.165) is 40.5 Å². The maximum absolute atomic E-state index is 13.3. The fraction of sp³-hybridized carbons (Fsp3) is 0.238. The van der Waals surface area contributed by atoms with Gasteiger partial charge < -0.3 is 4.57 Å². The third-order valence-corrected chi connectivity index (χ3v) is 5.78. The van der Waals surface area contributed by atoms with E-state index in [1.54, 1.807) is 18.2 Å². The lowest BCUT2D eigenvalue weighted by Gasteiger charge is -2.20. The van der Waals surface area contributed by atoms with Gasteiger partial charge in [0.05, 0.1) is 5.57 Å². The molecule has 4 rings (SSSR count). The molecule has 0 atom stereocenters. The van der Waals surface area contributed by atoms with Crippen LogP contribution < -0.4 is 0 Å². The van der Waals surface area contributed by atoms with Crippen molar-refractivity contribution in [1.82, 2.24) is 9.58 Å². The first-order valence-corrected chi connectivity index (χ1v) is 10.1. The van der Waals surface area contributed by atoms with Gasteiger partial charge in [-0.2, -0.15) is 15.1 Å². The van der Waals surface area contributed by atoms with Crippen molar-refractivity contribution in [3.05, 3.63) is 58.7 Å². The van der Waals surface area contributed by atoms with Crippen molar-refractivity contribution in [1.29, 1.82) is 5.41 Å². The highest BCUT2D eigenvalue weighted by molar-refractivity contribution is 8.26. The minimum atomic E-state index is -0.437. The number of rotatable bonds is 4. The van der Waals surface area contributed by atoms with Crippen molar-refractivity contribution in [3.63, 3.8) is 0 Å². The number of hydrogen-bond donors (Lipinski definition) is 1. The van der Waals surface area contributed by atoms with Gasteiger partial charge in [-0.3, -0.25) is 10.2 Å². The first-order valence-electron chi connectivity index (χ1n) is 9.33. The Morgan fingerprint density at radius 3 is 2.66 bits per heavy atom. The quantitative estimate of drug-likeness (QED) is 0.747. The number of fused-ring (bicyclic) bond motifs is 1. The molecule has 1 aromatic heterocycles. The van der Waals surface area contributed by atoms with Gasteiger partial charge in [0.15, 0.2) is 5.84 Å². The molecular formula is C21H20FN5OS. The number of hydrazone groups is 1. The van der Waals surface area contributed by atoms with E-state index < -0.39 is 5.91 Å². The molecule has 0 aliphatic carbocycles. The Balaban J connectivity index is 1.72. The van der Waals surface area contributed by atoms with Gasteiger partial charge in [0.25, 0.3) is 5.91 Å². The summed E-state index contributed by atoms with van der Waals surface area (Å²) in [4.78, 5) is 16.7. The van der Waals surface area contributed by atoms with Crippen LogP contribution in [0, 0.1) is 25.1 Å². The number of aromatic nitrogens is 1. The van der Waals surface area contributed by atoms with Crippen molar-refractivity contribution in [2.75, 3.05) is 0 Å². The van der Waals surface area contributed by atoms with Crippen LogP contribution in [0.4, 0.5) is 4.39 Å². The Morgan fingerprint density at radius 1 is 1.24 bits per heavy atom. The van der Waals surface area contributed by atoms with Gasteiger partial charge in [0, 0.05) is 17.1 Å². The summed E-state index contributed by atoms with van der Waals surface area (Å²) in [6, 6.07) is 8.19. The summed E-state index contributed by atoms with van der Waals surface area (Å²) in [6.07, 6.45) is 3.41. The summed E-state index contributed by atoms with van der Waals surface area (Å²) >= 11 is 1.35. The molecule has 2 aromatic rings. The molecule has 1 N–H and O–H groups in total. The lowest BCUT2D eigenvalue weighted by Crippen LogP contribution is -2.35. The zero-order valence-corrected chi connectivity index (χ0v) is 17.2. The molecule has 29 heavy (non-hydrogen) atoms. The number of carbonyl (C=O) groups is 1. The lowest BCUT2D eigenvalue weighted by atomic mass is 10.1. The first kappa shape index (κ1) is 19.3. The van der Waals surface area contributed by atoms with Crippen LogP contribution in [0.25, 0.3) is 11.8 Å². The number of aryl methyl sites for hydroxylation is 1. The van der Waals surface area contributed by atoms with E-state index in [-0.39, 0.29) is 17.2 Å². The third-order valence-electron chi connectivity index (χ3n) is 4.82. The zero-order chi connectivity index (χ0) is 20.7. The third kappa shape index (κ3) is 3.44. The standard InChI is InChI=1S/C21H20FN5OS/c1-4-5-18-25-27-19(23)17(20(28)24-21(27)29-18)11-14-10-12(2)26(13(14)3)16-8-6-15(22)7-9-16/h6-11,23H,4-5H2,1-3H3/b17-11-,23-19?. The Kier molecular flexibility index (Phi) is 4.96. The SMILES string of the molecule is CCCC1=NN2C(=N)/C(=C/c3cc(C)n(-c4ccc(F)cc4)c3C)C(=O)N=C2S1. The molecule has 6 nitrogen and oxygen atoms in total. The van der Waals surface area contributed by atoms with E-state index in [1.807, 2.05) is 24.5 Å². The molecular weight excluding hydrogens is 389 g/mol. The van der Waals surface area contributed by atoms with Crippen LogP contribution >= 0.6 is 11.8 Å². The van der Waals surface area contributed by atoms with Crippen molar-refractivity contribution >= 4 is 39.8 Å². The summed E-state index contributed by atoms with van der Waals surface area (Å²) in [5.41, 5.74) is 3.68. The molecule has 0 saturated carbocycles. The maximum Gasteiger partial charge on any atom is 0.283 e. The van der Waals surface area contributed by atoms with Crippen molar-refractivity contribution in [2.24, 2.45) is 10.1 Å². The molecule has 0 bridgehead atoms. The number of aliphatic imine (C=N–C) groups is 1. The normalized spacial score (nSPS) is 17.7. The summed E-state index contributed by atoms with van der Waals surface area (Å²) in [7, 11) is 0. The summed E-state index contributed by atoms with van der Waals surface area (Å²) < 4.78 is 15.3. The molecule has 0 spiro atoms. The molecule has 1 amide bonds. The highest BCUT2D eigenvalue weighted by Crippen LogP contribution is 2.31. The van der Waals surface area contributed by atoms with Crippen LogP contribution in [-0.4, -0.2) is 31.5 Å². The highest BCUT2D eigenvalue weighted by atomic mass is 32.2. The van der Waals surface area contributed by atoms with Crippen molar-refractivity contribution in [3.8, 4) is 5.69 Å². The fourth-order valence-corrected chi connectivity index (χ4v) is 4.41. The topological polar surface area (TPSA) is 73.8 Å². The number of hydrogen-bond acceptors (Lipinski definition) is 4. The molecule has 8 heteroatoms. The smallest absolute Gasteiger partial charge is 0.283 e. The monoisotopic (exact) mass is 409 g/mol. The largest absolute Gasteiger partial charge is 0.318 e. The van der Waals surface area contributed by atoms with E-state index in [0.29, 0.717) is 5.17 Å². The zero-order valence-electron chi connectivity index (χ0n) is 16.4. The number of benzene rings is 1. The molecule has 2 aliphatic rings. The Morgan fingerprint density at radius 2 is 1.97 bits per heavy atom. The van der Waals surface area contributed by atoms with Crippen molar-refractivity contribution < 1.29 is 9.18 Å². The number of halogens is 1. The predicted octanol–water partition coefficient (Wildman–Crippen LogP) is 4.65. The molecule has 1 aromatic carbocycles. The molecule has 0 radical (unpaired) electrons. The van der Waals surface area contributed by atoms with Crippen LogP contribution in [0.1, 0.15) is 36.7 Å². The van der Waals surface area contributed by atoms with Gasteiger partial charge in [-0.15, -0.1) is 0 Å². The average Bonchev–Trinajstić information content (AvgIpc) is 3.20. The van der Waals surface area contributed by atoms with E-state index in [9.17, 15) is 9.18 Å². The van der Waals surface area contributed by atoms with E-state index in [4.69, 9.17) is 5.41 Å². The number of amidine groups is 2. The number of amides is 1. The molecule has 0 fully saturated rings. The van der Waals surface area contributed by atoms with E-state index in [1.165, 1.54) is 28.9 Å². The fourth-order valence-electron chi connectivity index (χ4n) is 3.42. The van der Waals surface area contributed by atoms with Gasteiger partial charge in [-0.25, -0.2) is 4.39 Å². The predicted molar refractivity (Wildman–Crippen MR) is 115 cm³/mol. The molecule has 148 valence electrons. The first-order chi connectivity index (χ1) is 13.9. The van der Waals surface area contributed by atoms with Gasteiger partial charge in [0.2, 0.25) is 5.17 Å². The number of thioether (sulfide) groups is 1. The molecule has 2 aliphatic heterocycles. The Bertz CT molecular complexity index is 1110. The number of nitrogens with zero attached hydrogens (tertiary/aromatic N) is 4. The Labute approximate surface area is 172 Å². The Hall–Kier alpha value is -3.00. The van der Waals surface area contributed by atoms with Crippen LogP contribution in [0.2, 0.25) is 0 Å². The van der Waals surface area contributed by atoms with Gasteiger partial charge in [-0.05, 0) is 80.4 Å². The van der Waals surface area contributed by atoms with Crippen LogP contribution in [0.5, 0.6) is 0 Å². The molecule has 0 unspecified atom stereocenters. The minimum absolute atomic E-state index is 0.0326. The van der Waals surface area contributed by atoms with Gasteiger partial charge >= 0.3 is 0 Å². The van der Waals surface area contributed by atoms with Crippen molar-refractivity contribution in [2.45, 2.75) is 33.6 Å². The summed E-state index contributed by atoms with van der Waals surface area (Å²) in [5.74, 6) is -0.696. The van der Waals surface area contributed by atoms with E-state index in [2.05, 4.69) is 17.0 Å². The van der Waals surface area contributed by atoms with Crippen LogP contribution in [0.3, 0.4) is 0 Å².